The van der Waals surface area contributed by atoms with Gasteiger partial charge in [-0.15, -0.1) is 49.2 Å². The molecule has 10 aromatic rings. The number of benzene rings is 10. The van der Waals surface area contributed by atoms with Crippen molar-refractivity contribution in [3.05, 3.63) is 144 Å². The SMILES string of the molecule is Bc1c(B)c(B)c(-c2c(B)c(B)c(B)c(-c3c(B)c(B)c(B)c(B)c3B)c2C2c3c(B)c(B)c(B)c(B)c3B3c4cc(-c5ccccc5)ccc4N4c5ccc(-c6ccccc6)cc5B5c6ccccc6Sc6c5c4c3c2c6C(F)(F)F)c(B)c1B. The Labute approximate surface area is 525 Å². The van der Waals surface area contributed by atoms with Crippen LogP contribution >= 0.6 is 11.8 Å². The van der Waals surface area contributed by atoms with Crippen molar-refractivity contribution in [1.82, 2.24) is 0 Å². The second-order valence-corrected chi connectivity index (χ2v) is 26.8. The first kappa shape index (κ1) is 57.1. The Balaban J connectivity index is 1.27. The molecule has 1 unspecified atom stereocenters. The van der Waals surface area contributed by atoms with Crippen molar-refractivity contribution in [2.75, 3.05) is 4.90 Å². The maximum Gasteiger partial charge on any atom is 0.417 e. The van der Waals surface area contributed by atoms with E-state index in [0.29, 0.717) is 10.5 Å². The Morgan fingerprint density at radius 2 is 0.756 bits per heavy atom. The van der Waals surface area contributed by atoms with E-state index in [1.165, 1.54) is 71.9 Å². The standard InChI is InChI=1S/C62H55B19F3NS/c63-40-33(36-42(65)48(71)53(76)49(72)43(36)66)31(34(41(64)47(40)70)37-44(67)50(73)54(77)51(74)45(37)68)32-35-39(62(82,83)84)61-59-60-58(35)81(57-38(32)46(69)52(75)55(78)56(57)79)27-20-24(22-11-5-2-6-12-22)16-18-29(27)85(60)28-17-15-23(21-9-3-1-4-10-21)19-26(28)80(59)25-13-7-8-14-30(25)86-61/h1-20,32H,63-79H2. The fourth-order valence-corrected chi connectivity index (χ4v) is 17.8. The fourth-order valence-electron chi connectivity index (χ4n) is 16.5. The van der Waals surface area contributed by atoms with E-state index < -0.39 is 31.1 Å². The topological polar surface area (TPSA) is 3.24 Å². The zero-order valence-electron chi connectivity index (χ0n) is 52.8. The molecule has 0 saturated carbocycles. The molecule has 0 amide bonds. The van der Waals surface area contributed by atoms with Gasteiger partial charge in [-0.25, -0.2) is 0 Å². The van der Waals surface area contributed by atoms with Crippen LogP contribution in [0.2, 0.25) is 0 Å². The number of anilines is 3. The van der Waals surface area contributed by atoms with E-state index in [-0.39, 0.29) is 0 Å². The van der Waals surface area contributed by atoms with Crippen molar-refractivity contribution in [2.45, 2.75) is 21.9 Å². The summed E-state index contributed by atoms with van der Waals surface area (Å²) in [6.45, 7) is -1.05. The molecule has 4 heterocycles. The number of nitrogens with zero attached hydrogens (tertiary/aromatic N) is 1. The summed E-state index contributed by atoms with van der Waals surface area (Å²) >= 11 is 1.34. The molecule has 14 rings (SSSR count). The Bertz CT molecular complexity index is 4580. The minimum atomic E-state index is -4.80. The maximum absolute atomic E-state index is 18.5. The average Bonchev–Trinajstić information content (AvgIpc) is 0.673. The predicted octanol–water partition coefficient (Wildman–Crippen LogP) is -17.1. The van der Waals surface area contributed by atoms with E-state index in [0.717, 1.165) is 143 Å². The molecule has 0 fully saturated rings. The summed E-state index contributed by atoms with van der Waals surface area (Å²) in [5, 5.41) is 0. The van der Waals surface area contributed by atoms with E-state index in [4.69, 9.17) is 0 Å². The van der Waals surface area contributed by atoms with Crippen LogP contribution in [0.3, 0.4) is 0 Å². The van der Waals surface area contributed by atoms with Gasteiger partial charge in [0.25, 0.3) is 0 Å². The van der Waals surface area contributed by atoms with Crippen LogP contribution in [0.25, 0.3) is 44.5 Å². The Hall–Kier alpha value is -6.63. The third-order valence-electron chi connectivity index (χ3n) is 22.3. The molecular formula is C62H55B19F3NS. The molecule has 0 N–H and O–H groups in total. The lowest BCUT2D eigenvalue weighted by atomic mass is 9.26. The van der Waals surface area contributed by atoms with Crippen LogP contribution in [0.4, 0.5) is 30.2 Å². The monoisotopic (exact) mass is 1110 g/mol. The van der Waals surface area contributed by atoms with Crippen LogP contribution in [-0.4, -0.2) is 147 Å². The zero-order chi connectivity index (χ0) is 60.8. The molecule has 4 aliphatic heterocycles. The summed E-state index contributed by atoms with van der Waals surface area (Å²) in [7, 11) is 38.2. The summed E-state index contributed by atoms with van der Waals surface area (Å²) in [4.78, 5) is 3.60. The zero-order valence-corrected chi connectivity index (χ0v) is 53.6. The van der Waals surface area contributed by atoms with Gasteiger partial charge in [0.05, 0.1) is 5.56 Å². The van der Waals surface area contributed by atoms with Gasteiger partial charge >= 0.3 is 6.18 Å². The lowest BCUT2D eigenvalue weighted by Gasteiger charge is -2.51. The van der Waals surface area contributed by atoms with Crippen molar-refractivity contribution in [2.24, 2.45) is 0 Å². The van der Waals surface area contributed by atoms with Gasteiger partial charge in [0.15, 0.2) is 0 Å². The highest BCUT2D eigenvalue weighted by Gasteiger charge is 2.56. The van der Waals surface area contributed by atoms with Crippen LogP contribution in [-0.2, 0) is 6.18 Å². The van der Waals surface area contributed by atoms with E-state index in [1.54, 1.807) is 0 Å². The van der Waals surface area contributed by atoms with E-state index in [2.05, 4.69) is 241 Å². The number of alkyl halides is 3. The lowest BCUT2D eigenvalue weighted by Crippen LogP contribution is -2.73. The molecule has 86 heavy (non-hydrogen) atoms. The Kier molecular flexibility index (Phi) is 13.4. The minimum Gasteiger partial charge on any atom is -0.312 e. The molecule has 1 atom stereocenters. The largest absolute Gasteiger partial charge is 0.417 e. The summed E-state index contributed by atoms with van der Waals surface area (Å²) in [6.07, 6.45) is -4.80. The fraction of sp³-hybridized carbons (Fsp3) is 0.0323. The van der Waals surface area contributed by atoms with Crippen molar-refractivity contribution in [1.29, 1.82) is 0 Å². The van der Waals surface area contributed by atoms with Gasteiger partial charge in [-0.1, -0.05) is 170 Å². The third-order valence-corrected chi connectivity index (χ3v) is 23.5. The molecule has 0 bridgehead atoms. The highest BCUT2D eigenvalue weighted by atomic mass is 32.2. The minimum absolute atomic E-state index is 0.318. The molecule has 1 nitrogen and oxygen atoms in total. The first-order chi connectivity index (χ1) is 41.0. The van der Waals surface area contributed by atoms with Crippen LogP contribution < -0.4 is 131 Å². The average molecular weight is 1110 g/mol. The van der Waals surface area contributed by atoms with Crippen molar-refractivity contribution in [3.63, 3.8) is 0 Å². The molecule has 0 saturated heterocycles. The highest BCUT2D eigenvalue weighted by molar-refractivity contribution is 8.00. The number of fused-ring (bicyclic) bond motifs is 10. The maximum atomic E-state index is 18.5. The Morgan fingerprint density at radius 3 is 1.24 bits per heavy atom. The normalized spacial score (nSPS) is 14.1. The number of halogens is 3. The van der Waals surface area contributed by atoms with Gasteiger partial charge in [0, 0.05) is 32.8 Å². The molecule has 0 aliphatic carbocycles. The quantitative estimate of drug-likeness (QED) is 0.158. The lowest BCUT2D eigenvalue weighted by molar-refractivity contribution is -0.140. The van der Waals surface area contributed by atoms with Crippen molar-refractivity contribution < 1.29 is 13.2 Å². The summed E-state index contributed by atoms with van der Waals surface area (Å²) in [5.74, 6) is -0.879. The molecule has 0 aromatic heterocycles. The van der Waals surface area contributed by atoms with Gasteiger partial charge in [-0.2, -0.15) is 13.2 Å². The molecule has 4 aliphatic rings. The summed E-state index contributed by atoms with van der Waals surface area (Å²) < 4.78 is 55.5. The van der Waals surface area contributed by atoms with Crippen LogP contribution in [0.5, 0.6) is 0 Å². The van der Waals surface area contributed by atoms with Gasteiger partial charge in [0.1, 0.15) is 133 Å². The van der Waals surface area contributed by atoms with E-state index in [9.17, 15) is 0 Å². The molecular weight excluding hydrogens is 1050 g/mol. The van der Waals surface area contributed by atoms with Crippen LogP contribution in [0.1, 0.15) is 28.2 Å². The molecule has 0 radical (unpaired) electrons. The predicted molar refractivity (Wildman–Crippen MR) is 421 cm³/mol. The van der Waals surface area contributed by atoms with Gasteiger partial charge < -0.3 is 4.90 Å². The first-order valence-electron chi connectivity index (χ1n) is 30.6. The highest BCUT2D eigenvalue weighted by Crippen LogP contribution is 2.54. The molecule has 392 valence electrons. The number of hydrogen-bond donors (Lipinski definition) is 0. The molecule has 10 aromatic carbocycles. The Morgan fingerprint density at radius 1 is 0.349 bits per heavy atom. The van der Waals surface area contributed by atoms with Crippen molar-refractivity contribution >= 4 is 301 Å². The van der Waals surface area contributed by atoms with E-state index in [1.807, 2.05) is 18.2 Å². The van der Waals surface area contributed by atoms with Crippen LogP contribution in [0.15, 0.2) is 131 Å². The van der Waals surface area contributed by atoms with Crippen LogP contribution in [0, 0.1) is 0 Å². The summed E-state index contributed by atoms with van der Waals surface area (Å²) in [5.41, 5.74) is 39.0. The van der Waals surface area contributed by atoms with E-state index >= 15 is 13.2 Å². The molecule has 24 heteroatoms. The third kappa shape index (κ3) is 7.81. The number of rotatable bonds is 5. The van der Waals surface area contributed by atoms with Gasteiger partial charge in [0.2, 0.25) is 13.4 Å². The van der Waals surface area contributed by atoms with Crippen molar-refractivity contribution in [3.8, 4) is 44.5 Å². The van der Waals surface area contributed by atoms with Gasteiger partial charge in [-0.05, 0) is 101 Å². The molecule has 0 spiro atoms. The van der Waals surface area contributed by atoms with Gasteiger partial charge in [-0.3, -0.25) is 0 Å². The second-order valence-electron chi connectivity index (χ2n) is 25.7. The first-order valence-corrected chi connectivity index (χ1v) is 31.4. The second kappa shape index (κ2) is 20.2. The number of hydrogen-bond acceptors (Lipinski definition) is 2. The summed E-state index contributed by atoms with van der Waals surface area (Å²) in [6, 6.07) is 42.8. The smallest absolute Gasteiger partial charge is 0.312 e.